The van der Waals surface area contributed by atoms with Crippen molar-refractivity contribution in [3.05, 3.63) is 69.9 Å². The van der Waals surface area contributed by atoms with Crippen molar-refractivity contribution in [2.75, 3.05) is 0 Å². The lowest BCUT2D eigenvalue weighted by atomic mass is 10.1. The predicted molar refractivity (Wildman–Crippen MR) is 90.7 cm³/mol. The summed E-state index contributed by atoms with van der Waals surface area (Å²) in [5.41, 5.74) is 1.41. The first-order valence-electron chi connectivity index (χ1n) is 7.29. The standard InChI is InChI=1S/C18H17BrFNO2/c1-12(13-2-6-15(19)7-3-13)21-18(23)11-10-17(22)14-4-8-16(20)9-5-14/h2-9,12H,10-11H2,1H3,(H,21,23). The van der Waals surface area contributed by atoms with Crippen LogP contribution in [-0.2, 0) is 4.79 Å². The molecule has 0 aromatic heterocycles. The van der Waals surface area contributed by atoms with Crippen LogP contribution in [0.25, 0.3) is 0 Å². The highest BCUT2D eigenvalue weighted by molar-refractivity contribution is 9.10. The molecule has 0 heterocycles. The van der Waals surface area contributed by atoms with Crippen LogP contribution < -0.4 is 5.32 Å². The fourth-order valence-electron chi connectivity index (χ4n) is 2.16. The van der Waals surface area contributed by atoms with E-state index in [2.05, 4.69) is 21.2 Å². The fraction of sp³-hybridized carbons (Fsp3) is 0.222. The van der Waals surface area contributed by atoms with Gasteiger partial charge >= 0.3 is 0 Å². The number of carbonyl (C=O) groups excluding carboxylic acids is 2. The normalized spacial score (nSPS) is 11.8. The first-order chi connectivity index (χ1) is 11.0. The van der Waals surface area contributed by atoms with E-state index in [0.717, 1.165) is 10.0 Å². The third-order valence-electron chi connectivity index (χ3n) is 3.49. The van der Waals surface area contributed by atoms with Crippen molar-refractivity contribution in [3.63, 3.8) is 0 Å². The molecule has 0 spiro atoms. The molecule has 0 saturated carbocycles. The zero-order valence-electron chi connectivity index (χ0n) is 12.7. The molecule has 1 unspecified atom stereocenters. The quantitative estimate of drug-likeness (QED) is 0.756. The molecule has 120 valence electrons. The van der Waals surface area contributed by atoms with E-state index >= 15 is 0 Å². The number of rotatable bonds is 6. The molecule has 0 saturated heterocycles. The Morgan fingerprint density at radius 1 is 1.04 bits per heavy atom. The number of halogens is 2. The third kappa shape index (κ3) is 5.28. The minimum absolute atomic E-state index is 0.102. The van der Waals surface area contributed by atoms with Gasteiger partial charge in [-0.05, 0) is 48.9 Å². The van der Waals surface area contributed by atoms with Crippen LogP contribution in [0.15, 0.2) is 53.0 Å². The molecule has 1 N–H and O–H groups in total. The van der Waals surface area contributed by atoms with Crippen LogP contribution in [0.1, 0.15) is 41.7 Å². The molecule has 0 fully saturated rings. The molecule has 1 amide bonds. The molecule has 0 aliphatic rings. The largest absolute Gasteiger partial charge is 0.350 e. The number of nitrogens with one attached hydrogen (secondary N) is 1. The Hall–Kier alpha value is -2.01. The summed E-state index contributed by atoms with van der Waals surface area (Å²) in [4.78, 5) is 23.9. The Balaban J connectivity index is 1.83. The third-order valence-corrected chi connectivity index (χ3v) is 4.02. The lowest BCUT2D eigenvalue weighted by Crippen LogP contribution is -2.26. The van der Waals surface area contributed by atoms with Crippen molar-refractivity contribution in [1.29, 1.82) is 0 Å². The Labute approximate surface area is 143 Å². The summed E-state index contributed by atoms with van der Waals surface area (Å²) in [6, 6.07) is 12.9. The second kappa shape index (κ2) is 8.02. The minimum Gasteiger partial charge on any atom is -0.350 e. The zero-order chi connectivity index (χ0) is 16.8. The molecular formula is C18H17BrFNO2. The maximum absolute atomic E-state index is 12.8. The van der Waals surface area contributed by atoms with E-state index in [1.54, 1.807) is 0 Å². The maximum atomic E-state index is 12.8. The molecule has 0 radical (unpaired) electrons. The topological polar surface area (TPSA) is 46.2 Å². The van der Waals surface area contributed by atoms with Crippen molar-refractivity contribution >= 4 is 27.6 Å². The molecule has 2 aromatic rings. The number of amides is 1. The minimum atomic E-state index is -0.386. The van der Waals surface area contributed by atoms with E-state index in [9.17, 15) is 14.0 Å². The highest BCUT2D eigenvalue weighted by Gasteiger charge is 2.12. The second-order valence-electron chi connectivity index (χ2n) is 5.27. The number of benzene rings is 2. The predicted octanol–water partition coefficient (Wildman–Crippen LogP) is 4.43. The smallest absolute Gasteiger partial charge is 0.220 e. The number of Topliss-reactive ketones (excluding diaryl/α,β-unsaturated/α-hetero) is 1. The molecule has 0 aliphatic carbocycles. The second-order valence-corrected chi connectivity index (χ2v) is 6.19. The van der Waals surface area contributed by atoms with Gasteiger partial charge in [-0.25, -0.2) is 4.39 Å². The highest BCUT2D eigenvalue weighted by atomic mass is 79.9. The van der Waals surface area contributed by atoms with Gasteiger partial charge in [-0.2, -0.15) is 0 Å². The lowest BCUT2D eigenvalue weighted by molar-refractivity contribution is -0.121. The molecule has 5 heteroatoms. The van der Waals surface area contributed by atoms with Gasteiger partial charge in [0.1, 0.15) is 5.82 Å². The van der Waals surface area contributed by atoms with Crippen molar-refractivity contribution in [2.45, 2.75) is 25.8 Å². The molecule has 23 heavy (non-hydrogen) atoms. The van der Waals surface area contributed by atoms with Gasteiger partial charge in [0.15, 0.2) is 5.78 Å². The highest BCUT2D eigenvalue weighted by Crippen LogP contribution is 2.16. The van der Waals surface area contributed by atoms with E-state index in [0.29, 0.717) is 5.56 Å². The fourth-order valence-corrected chi connectivity index (χ4v) is 2.42. The zero-order valence-corrected chi connectivity index (χ0v) is 14.3. The van der Waals surface area contributed by atoms with Crippen molar-refractivity contribution in [1.82, 2.24) is 5.32 Å². The summed E-state index contributed by atoms with van der Waals surface area (Å²) in [5, 5.41) is 2.87. The molecular weight excluding hydrogens is 361 g/mol. The van der Waals surface area contributed by atoms with Crippen LogP contribution >= 0.6 is 15.9 Å². The summed E-state index contributed by atoms with van der Waals surface area (Å²) < 4.78 is 13.8. The van der Waals surface area contributed by atoms with Gasteiger partial charge in [0.05, 0.1) is 6.04 Å². The van der Waals surface area contributed by atoms with Crippen molar-refractivity contribution in [3.8, 4) is 0 Å². The number of hydrogen-bond acceptors (Lipinski definition) is 2. The Bertz CT molecular complexity index is 683. The van der Waals surface area contributed by atoms with E-state index in [1.165, 1.54) is 24.3 Å². The van der Waals surface area contributed by atoms with Crippen LogP contribution in [0.4, 0.5) is 4.39 Å². The van der Waals surface area contributed by atoms with Gasteiger partial charge in [-0.15, -0.1) is 0 Å². The molecule has 2 aromatic carbocycles. The van der Waals surface area contributed by atoms with Gasteiger partial charge in [0.25, 0.3) is 0 Å². The van der Waals surface area contributed by atoms with Crippen LogP contribution in [0, 0.1) is 5.82 Å². The summed E-state index contributed by atoms with van der Waals surface area (Å²) in [6.07, 6.45) is 0.210. The Morgan fingerprint density at radius 3 is 2.26 bits per heavy atom. The molecule has 2 rings (SSSR count). The van der Waals surface area contributed by atoms with Crippen molar-refractivity contribution in [2.24, 2.45) is 0 Å². The van der Waals surface area contributed by atoms with Gasteiger partial charge in [-0.1, -0.05) is 28.1 Å². The van der Waals surface area contributed by atoms with Gasteiger partial charge in [-0.3, -0.25) is 9.59 Å². The Kier molecular flexibility index (Phi) is 6.04. The SMILES string of the molecule is CC(NC(=O)CCC(=O)c1ccc(F)cc1)c1ccc(Br)cc1. The molecule has 0 aliphatic heterocycles. The van der Waals surface area contributed by atoms with Gasteiger partial charge in [0.2, 0.25) is 5.91 Å². The van der Waals surface area contributed by atoms with Crippen LogP contribution in [0.2, 0.25) is 0 Å². The van der Waals surface area contributed by atoms with Crippen LogP contribution in [-0.4, -0.2) is 11.7 Å². The number of ketones is 1. The van der Waals surface area contributed by atoms with Crippen molar-refractivity contribution < 1.29 is 14.0 Å². The van der Waals surface area contributed by atoms with E-state index in [4.69, 9.17) is 0 Å². The summed E-state index contributed by atoms with van der Waals surface area (Å²) in [7, 11) is 0. The van der Waals surface area contributed by atoms with Crippen LogP contribution in [0.5, 0.6) is 0 Å². The average molecular weight is 378 g/mol. The maximum Gasteiger partial charge on any atom is 0.220 e. The summed E-state index contributed by atoms with van der Waals surface area (Å²) in [5.74, 6) is -0.741. The lowest BCUT2D eigenvalue weighted by Gasteiger charge is -2.14. The van der Waals surface area contributed by atoms with Gasteiger partial charge < -0.3 is 5.32 Å². The monoisotopic (exact) mass is 377 g/mol. The Morgan fingerprint density at radius 2 is 1.65 bits per heavy atom. The molecule has 0 bridgehead atoms. The molecule has 1 atom stereocenters. The van der Waals surface area contributed by atoms with E-state index in [1.807, 2.05) is 31.2 Å². The number of hydrogen-bond donors (Lipinski definition) is 1. The van der Waals surface area contributed by atoms with Gasteiger partial charge in [0, 0.05) is 22.9 Å². The summed E-state index contributed by atoms with van der Waals surface area (Å²) in [6.45, 7) is 1.89. The summed E-state index contributed by atoms with van der Waals surface area (Å²) >= 11 is 3.36. The van der Waals surface area contributed by atoms with Crippen LogP contribution in [0.3, 0.4) is 0 Å². The first-order valence-corrected chi connectivity index (χ1v) is 8.08. The van der Waals surface area contributed by atoms with E-state index < -0.39 is 0 Å². The first kappa shape index (κ1) is 17.3. The molecule has 3 nitrogen and oxygen atoms in total. The van der Waals surface area contributed by atoms with E-state index in [-0.39, 0.29) is 36.4 Å². The number of carbonyl (C=O) groups is 2. The average Bonchev–Trinajstić information content (AvgIpc) is 2.54.